The Kier molecular flexibility index (Phi) is 21.8. The van der Waals surface area contributed by atoms with Crippen LogP contribution in [-0.4, -0.2) is 138 Å². The number of rotatable bonds is 25. The van der Waals surface area contributed by atoms with E-state index in [4.69, 9.17) is 25.8 Å². The smallest absolute Gasteiger partial charge is 0.267 e. The quantitative estimate of drug-likeness (QED) is 0.0438. The van der Waals surface area contributed by atoms with E-state index in [0.717, 1.165) is 54.8 Å². The summed E-state index contributed by atoms with van der Waals surface area (Å²) in [6.45, 7) is 14.4. The molecule has 2 aromatic carbocycles. The lowest BCUT2D eigenvalue weighted by molar-refractivity contribution is -0.136. The number of ether oxygens (including phenoxy) is 3. The molecule has 2 saturated heterocycles. The molecule has 6 amide bonds. The third-order valence-corrected chi connectivity index (χ3v) is 13.6. The van der Waals surface area contributed by atoms with Gasteiger partial charge in [0.15, 0.2) is 5.13 Å². The first-order valence-electron chi connectivity index (χ1n) is 25.0. The third kappa shape index (κ3) is 16.1. The van der Waals surface area contributed by atoms with E-state index in [2.05, 4.69) is 35.8 Å². The number of halogens is 1. The van der Waals surface area contributed by atoms with Gasteiger partial charge in [-0.15, -0.1) is 0 Å². The number of hydrogen-bond acceptors (Lipinski definition) is 16. The van der Waals surface area contributed by atoms with Gasteiger partial charge in [-0.3, -0.25) is 43.8 Å². The molecule has 0 spiro atoms. The molecule has 0 bridgehead atoms. The summed E-state index contributed by atoms with van der Waals surface area (Å²) in [7, 11) is 0. The highest BCUT2D eigenvalue weighted by molar-refractivity contribution is 7.17. The van der Waals surface area contributed by atoms with E-state index in [0.29, 0.717) is 117 Å². The Morgan fingerprint density at radius 1 is 0.822 bits per heavy atom. The maximum absolute atomic E-state index is 13.0. The predicted molar refractivity (Wildman–Crippen MR) is 278 cm³/mol. The minimum Gasteiger partial charge on any atom is -0.382 e. The summed E-state index contributed by atoms with van der Waals surface area (Å²) in [5.74, 6) is -0.294. The number of anilines is 4. The molecule has 21 heteroatoms. The van der Waals surface area contributed by atoms with Crippen LogP contribution in [0.1, 0.15) is 125 Å². The molecule has 3 N–H and O–H groups in total. The van der Waals surface area contributed by atoms with Crippen molar-refractivity contribution in [2.45, 2.75) is 104 Å². The number of nitrogens with zero attached hydrogens (tertiary/aromatic N) is 6. The number of imide groups is 2. The normalized spacial score (nSPS) is 15.5. The average molecular weight is 1040 g/mol. The number of thiazole rings is 1. The van der Waals surface area contributed by atoms with Crippen LogP contribution in [0.25, 0.3) is 0 Å². The minimum atomic E-state index is -1.01. The van der Waals surface area contributed by atoms with Crippen LogP contribution in [-0.2, 0) is 39.8 Å². The first-order valence-corrected chi connectivity index (χ1v) is 26.2. The first-order chi connectivity index (χ1) is 35.3. The van der Waals surface area contributed by atoms with Crippen molar-refractivity contribution in [2.75, 3.05) is 81.4 Å². The number of carbonyl (C=O) groups excluding carboxylic acids is 7. The van der Waals surface area contributed by atoms with Gasteiger partial charge in [-0.05, 0) is 83.1 Å². The number of piperidine rings is 1. The highest BCUT2D eigenvalue weighted by atomic mass is 35.5. The van der Waals surface area contributed by atoms with E-state index in [1.807, 2.05) is 50.8 Å². The van der Waals surface area contributed by atoms with Gasteiger partial charge >= 0.3 is 0 Å². The van der Waals surface area contributed by atoms with Crippen molar-refractivity contribution >= 4 is 86.6 Å². The maximum Gasteiger partial charge on any atom is 0.267 e. The molecule has 2 fully saturated rings. The number of aromatic nitrogens is 3. The molecule has 2 aromatic heterocycles. The molecule has 7 rings (SSSR count). The lowest BCUT2D eigenvalue weighted by Crippen LogP contribution is -2.54. The highest BCUT2D eigenvalue weighted by Crippen LogP contribution is 2.32. The van der Waals surface area contributed by atoms with Crippen LogP contribution in [0.5, 0.6) is 0 Å². The van der Waals surface area contributed by atoms with Crippen molar-refractivity contribution in [3.63, 3.8) is 0 Å². The molecule has 392 valence electrons. The van der Waals surface area contributed by atoms with Gasteiger partial charge in [0.2, 0.25) is 17.7 Å². The number of ketones is 1. The number of benzene rings is 2. The number of fused-ring (bicyclic) bond motifs is 1. The van der Waals surface area contributed by atoms with Crippen LogP contribution in [0.15, 0.2) is 48.7 Å². The van der Waals surface area contributed by atoms with Crippen molar-refractivity contribution in [2.24, 2.45) is 0 Å². The van der Waals surface area contributed by atoms with Gasteiger partial charge in [0.25, 0.3) is 17.7 Å². The van der Waals surface area contributed by atoms with Gasteiger partial charge < -0.3 is 34.6 Å². The van der Waals surface area contributed by atoms with Gasteiger partial charge in [0, 0.05) is 84.4 Å². The zero-order chi connectivity index (χ0) is 52.3. The minimum absolute atomic E-state index is 0.000449. The number of carbonyl (C=O) groups is 7. The predicted octanol–water partition coefficient (Wildman–Crippen LogP) is 7.26. The summed E-state index contributed by atoms with van der Waals surface area (Å²) in [5.41, 5.74) is 2.36. The molecule has 4 aromatic rings. The summed E-state index contributed by atoms with van der Waals surface area (Å²) in [4.78, 5) is 106. The molecule has 3 aliphatic rings. The Labute approximate surface area is 435 Å². The van der Waals surface area contributed by atoms with Crippen LogP contribution in [0.3, 0.4) is 0 Å². The Hall–Kier alpha value is -6.19. The van der Waals surface area contributed by atoms with Crippen molar-refractivity contribution in [1.82, 2.24) is 30.1 Å². The fraction of sp³-hybridized carbons (Fsp3) is 0.500. The summed E-state index contributed by atoms with van der Waals surface area (Å²) < 4.78 is 16.1. The number of piperazine rings is 1. The van der Waals surface area contributed by atoms with Gasteiger partial charge in [-0.2, -0.15) is 0 Å². The van der Waals surface area contributed by atoms with Crippen LogP contribution < -0.4 is 20.9 Å². The zero-order valence-corrected chi connectivity index (χ0v) is 43.7. The number of Topliss-reactive ketones (excluding diaryl/α,β-unsaturated/α-hetero) is 1. The van der Waals surface area contributed by atoms with E-state index < -0.39 is 29.7 Å². The third-order valence-electron chi connectivity index (χ3n) is 12.4. The molecular weight excluding hydrogens is 978 g/mol. The lowest BCUT2D eigenvalue weighted by Gasteiger charge is -2.35. The number of aryl methyl sites for hydroxylation is 2. The van der Waals surface area contributed by atoms with Crippen LogP contribution in [0, 0.1) is 13.8 Å². The van der Waals surface area contributed by atoms with Gasteiger partial charge in [0.05, 0.1) is 41.2 Å². The second-order valence-electron chi connectivity index (χ2n) is 17.7. The largest absolute Gasteiger partial charge is 0.382 e. The summed E-state index contributed by atoms with van der Waals surface area (Å²) in [5, 5.41) is 9.28. The van der Waals surface area contributed by atoms with Gasteiger partial charge in [-0.25, -0.2) is 15.0 Å². The van der Waals surface area contributed by atoms with Crippen molar-refractivity contribution in [3.05, 3.63) is 86.6 Å². The maximum atomic E-state index is 13.0. The van der Waals surface area contributed by atoms with E-state index in [9.17, 15) is 33.6 Å². The lowest BCUT2D eigenvalue weighted by atomic mass is 9.97. The highest BCUT2D eigenvalue weighted by Gasteiger charge is 2.45. The summed E-state index contributed by atoms with van der Waals surface area (Å²) in [6, 6.07) is 11.2. The van der Waals surface area contributed by atoms with Crippen LogP contribution in [0.2, 0.25) is 5.02 Å². The molecule has 73 heavy (non-hydrogen) atoms. The summed E-state index contributed by atoms with van der Waals surface area (Å²) in [6.07, 6.45) is 8.05. The Bertz CT molecular complexity index is 2570. The fourth-order valence-corrected chi connectivity index (χ4v) is 9.52. The Morgan fingerprint density at radius 2 is 1.52 bits per heavy atom. The monoisotopic (exact) mass is 1040 g/mol. The molecule has 3 aliphatic heterocycles. The fourth-order valence-electron chi connectivity index (χ4n) is 8.53. The van der Waals surface area contributed by atoms with Crippen molar-refractivity contribution in [1.29, 1.82) is 0 Å². The topological polar surface area (TPSA) is 232 Å². The standard InChI is InChI=1S/C30H40ClN7O4S.C22H26N2O6/c1-4-41-17-18-42-16-7-5-6-11-27(39)38-14-12-37(13-15-38)26-19-25(33-22(3)34-26)35-30-32-20-24(43-30)29(40)36-28-21(2)9-8-10-23(28)31;1-2-30-12-5-3-4-8-15(25)13-14-7-6-9-16-19(14)22(29)24(21(16)28)17-10-11-18(26)23-20(17)27/h8-10,19-20H,4-7,11-18H2,1-3H3,(H,36,40)(H,32,33,34,35);6-7,9,17H,2-5,8,10-13H2,1H3,(H,23,26,27). The number of para-hydroxylation sites is 1. The number of unbranched alkanes of at least 4 members (excludes halogenated alkanes) is 4. The molecule has 1 atom stereocenters. The second kappa shape index (κ2) is 28.3. The van der Waals surface area contributed by atoms with Crippen molar-refractivity contribution < 1.29 is 47.8 Å². The number of nitrogens with one attached hydrogen (secondary N) is 3. The zero-order valence-electron chi connectivity index (χ0n) is 42.1. The van der Waals surface area contributed by atoms with Crippen LogP contribution in [0.4, 0.5) is 22.5 Å². The van der Waals surface area contributed by atoms with Gasteiger partial charge in [-0.1, -0.05) is 60.0 Å². The second-order valence-corrected chi connectivity index (χ2v) is 19.1. The molecule has 5 heterocycles. The Balaban J connectivity index is 0.000000254. The van der Waals surface area contributed by atoms with E-state index in [1.165, 1.54) is 23.6 Å². The molecular formula is C52H66ClN9O10S. The number of amides is 6. The van der Waals surface area contributed by atoms with E-state index in [1.54, 1.807) is 18.2 Å². The SMILES string of the molecule is CCOCCCCCC(=O)Cc1cccc2c1C(=O)N(C1CCC(=O)NC1=O)C2=O.CCOCCOCCCCCC(=O)N1CCN(c2cc(Nc3ncc(C(=O)Nc4c(C)cccc4Cl)s3)nc(C)n2)CC1. The van der Waals surface area contributed by atoms with Gasteiger partial charge in [0.1, 0.15) is 34.2 Å². The molecule has 0 radical (unpaired) electrons. The molecule has 19 nitrogen and oxygen atoms in total. The Morgan fingerprint density at radius 3 is 2.25 bits per heavy atom. The molecule has 0 aliphatic carbocycles. The van der Waals surface area contributed by atoms with Crippen molar-refractivity contribution in [3.8, 4) is 0 Å². The average Bonchev–Trinajstić information content (AvgIpc) is 3.94. The van der Waals surface area contributed by atoms with E-state index in [-0.39, 0.29) is 48.0 Å². The molecule has 1 unspecified atom stereocenters. The van der Waals surface area contributed by atoms with Crippen LogP contribution >= 0.6 is 22.9 Å². The summed E-state index contributed by atoms with van der Waals surface area (Å²) >= 11 is 7.48. The van der Waals surface area contributed by atoms with E-state index >= 15 is 0 Å². The molecule has 0 saturated carbocycles. The number of hydrogen-bond donors (Lipinski definition) is 3. The first kappa shape index (κ1) is 56.1.